The zero-order chi connectivity index (χ0) is 14.4. The molecule has 0 aliphatic rings. The van der Waals surface area contributed by atoms with E-state index in [0.717, 1.165) is 12.5 Å². The van der Waals surface area contributed by atoms with Crippen LogP contribution >= 0.6 is 0 Å². The van der Waals surface area contributed by atoms with E-state index in [9.17, 15) is 0 Å². The van der Waals surface area contributed by atoms with Crippen LogP contribution in [0, 0.1) is 5.92 Å². The first-order chi connectivity index (χ1) is 9.65. The minimum Gasteiger partial charge on any atom is -0.310 e. The number of hydrogen-bond acceptors (Lipinski definition) is 1. The SMILES string of the molecule is CC(C)CCCC(C)NCc1ccc2ccccc2c1. The van der Waals surface area contributed by atoms with Crippen LogP contribution in [0.1, 0.15) is 45.6 Å². The van der Waals surface area contributed by atoms with Crippen molar-refractivity contribution in [1.29, 1.82) is 0 Å². The zero-order valence-electron chi connectivity index (χ0n) is 13.0. The van der Waals surface area contributed by atoms with Gasteiger partial charge in [-0.05, 0) is 41.7 Å². The van der Waals surface area contributed by atoms with Crippen LogP contribution in [0.2, 0.25) is 0 Å². The third-order valence-electron chi connectivity index (χ3n) is 3.89. The normalized spacial score (nSPS) is 13.0. The van der Waals surface area contributed by atoms with Crippen molar-refractivity contribution in [3.8, 4) is 0 Å². The van der Waals surface area contributed by atoms with Crippen molar-refractivity contribution in [2.45, 2.75) is 52.6 Å². The predicted octanol–water partition coefficient (Wildman–Crippen LogP) is 5.14. The fourth-order valence-electron chi connectivity index (χ4n) is 2.58. The van der Waals surface area contributed by atoms with Gasteiger partial charge in [-0.3, -0.25) is 0 Å². The van der Waals surface area contributed by atoms with E-state index in [1.165, 1.54) is 35.6 Å². The first-order valence-electron chi connectivity index (χ1n) is 7.86. The Bertz CT molecular complexity index is 530. The smallest absolute Gasteiger partial charge is 0.0208 e. The number of fused-ring (bicyclic) bond motifs is 1. The van der Waals surface area contributed by atoms with E-state index in [0.29, 0.717) is 6.04 Å². The largest absolute Gasteiger partial charge is 0.310 e. The molecule has 1 atom stereocenters. The second-order valence-corrected chi connectivity index (χ2v) is 6.29. The van der Waals surface area contributed by atoms with E-state index >= 15 is 0 Å². The summed E-state index contributed by atoms with van der Waals surface area (Å²) in [4.78, 5) is 0. The van der Waals surface area contributed by atoms with E-state index < -0.39 is 0 Å². The molecule has 20 heavy (non-hydrogen) atoms. The highest BCUT2D eigenvalue weighted by molar-refractivity contribution is 5.82. The molecule has 0 amide bonds. The van der Waals surface area contributed by atoms with Crippen molar-refractivity contribution in [3.05, 3.63) is 48.0 Å². The van der Waals surface area contributed by atoms with Gasteiger partial charge in [0.1, 0.15) is 0 Å². The van der Waals surface area contributed by atoms with Gasteiger partial charge in [-0.25, -0.2) is 0 Å². The number of hydrogen-bond donors (Lipinski definition) is 1. The molecule has 2 aromatic carbocycles. The Morgan fingerprint density at radius 2 is 1.65 bits per heavy atom. The molecule has 108 valence electrons. The maximum Gasteiger partial charge on any atom is 0.0208 e. The van der Waals surface area contributed by atoms with E-state index in [-0.39, 0.29) is 0 Å². The van der Waals surface area contributed by atoms with Crippen molar-refractivity contribution in [3.63, 3.8) is 0 Å². The third-order valence-corrected chi connectivity index (χ3v) is 3.89. The lowest BCUT2D eigenvalue weighted by molar-refractivity contribution is 0.457. The van der Waals surface area contributed by atoms with Crippen LogP contribution in [-0.4, -0.2) is 6.04 Å². The van der Waals surface area contributed by atoms with Gasteiger partial charge in [0.15, 0.2) is 0 Å². The van der Waals surface area contributed by atoms with E-state index in [4.69, 9.17) is 0 Å². The van der Waals surface area contributed by atoms with Crippen LogP contribution in [0.25, 0.3) is 10.8 Å². The molecule has 0 radical (unpaired) electrons. The second-order valence-electron chi connectivity index (χ2n) is 6.29. The van der Waals surface area contributed by atoms with Gasteiger partial charge in [-0.15, -0.1) is 0 Å². The highest BCUT2D eigenvalue weighted by Gasteiger charge is 2.03. The number of nitrogens with one attached hydrogen (secondary N) is 1. The standard InChI is InChI=1S/C19H27N/c1-15(2)7-6-8-16(3)20-14-17-11-12-18-9-4-5-10-19(18)13-17/h4-5,9-13,15-16,20H,6-8,14H2,1-3H3. The van der Waals surface area contributed by atoms with Gasteiger partial charge in [-0.1, -0.05) is 63.1 Å². The van der Waals surface area contributed by atoms with E-state index in [2.05, 4.69) is 68.6 Å². The molecule has 0 spiro atoms. The molecule has 0 aliphatic heterocycles. The quantitative estimate of drug-likeness (QED) is 0.733. The van der Waals surface area contributed by atoms with Crippen molar-refractivity contribution in [1.82, 2.24) is 5.32 Å². The number of benzene rings is 2. The molecule has 1 unspecified atom stereocenters. The van der Waals surface area contributed by atoms with Crippen LogP contribution < -0.4 is 5.32 Å². The molecule has 0 saturated heterocycles. The summed E-state index contributed by atoms with van der Waals surface area (Å²) in [6.07, 6.45) is 3.93. The summed E-state index contributed by atoms with van der Waals surface area (Å²) in [5, 5.41) is 6.29. The lowest BCUT2D eigenvalue weighted by Crippen LogP contribution is -2.25. The van der Waals surface area contributed by atoms with Gasteiger partial charge in [0.05, 0.1) is 0 Å². The van der Waals surface area contributed by atoms with Crippen LogP contribution in [0.4, 0.5) is 0 Å². The molecule has 0 heterocycles. The van der Waals surface area contributed by atoms with Crippen molar-refractivity contribution < 1.29 is 0 Å². The third kappa shape index (κ3) is 4.64. The fourth-order valence-corrected chi connectivity index (χ4v) is 2.58. The van der Waals surface area contributed by atoms with Crippen LogP contribution in [0.15, 0.2) is 42.5 Å². The van der Waals surface area contributed by atoms with Gasteiger partial charge in [0, 0.05) is 12.6 Å². The highest BCUT2D eigenvalue weighted by Crippen LogP contribution is 2.16. The molecular weight excluding hydrogens is 242 g/mol. The summed E-state index contributed by atoms with van der Waals surface area (Å²) in [5.74, 6) is 0.822. The highest BCUT2D eigenvalue weighted by atomic mass is 14.9. The van der Waals surface area contributed by atoms with E-state index in [1.807, 2.05) is 0 Å². The maximum absolute atomic E-state index is 3.64. The van der Waals surface area contributed by atoms with Gasteiger partial charge >= 0.3 is 0 Å². The molecule has 2 aromatic rings. The Morgan fingerprint density at radius 1 is 0.900 bits per heavy atom. The lowest BCUT2D eigenvalue weighted by atomic mass is 10.0. The molecule has 0 aliphatic carbocycles. The van der Waals surface area contributed by atoms with Gasteiger partial charge < -0.3 is 5.32 Å². The summed E-state index contributed by atoms with van der Waals surface area (Å²) >= 11 is 0. The first-order valence-corrected chi connectivity index (χ1v) is 7.86. The second kappa shape index (κ2) is 7.44. The van der Waals surface area contributed by atoms with Gasteiger partial charge in [-0.2, -0.15) is 0 Å². The fraction of sp³-hybridized carbons (Fsp3) is 0.474. The average molecular weight is 269 g/mol. The Balaban J connectivity index is 1.83. The van der Waals surface area contributed by atoms with Crippen molar-refractivity contribution in [2.75, 3.05) is 0 Å². The van der Waals surface area contributed by atoms with Crippen LogP contribution in [-0.2, 0) is 6.54 Å². The first kappa shape index (κ1) is 15.1. The lowest BCUT2D eigenvalue weighted by Gasteiger charge is -2.14. The monoisotopic (exact) mass is 269 g/mol. The van der Waals surface area contributed by atoms with Gasteiger partial charge in [0.2, 0.25) is 0 Å². The minimum absolute atomic E-state index is 0.597. The topological polar surface area (TPSA) is 12.0 Å². The summed E-state index contributed by atoms with van der Waals surface area (Å²) < 4.78 is 0. The van der Waals surface area contributed by atoms with Crippen molar-refractivity contribution >= 4 is 10.8 Å². The van der Waals surface area contributed by atoms with Crippen LogP contribution in [0.5, 0.6) is 0 Å². The molecule has 1 N–H and O–H groups in total. The Morgan fingerprint density at radius 3 is 2.40 bits per heavy atom. The van der Waals surface area contributed by atoms with Crippen LogP contribution in [0.3, 0.4) is 0 Å². The average Bonchev–Trinajstić information content (AvgIpc) is 2.44. The molecular formula is C19H27N. The summed E-state index contributed by atoms with van der Waals surface area (Å²) in [6, 6.07) is 15.9. The van der Waals surface area contributed by atoms with Gasteiger partial charge in [0.25, 0.3) is 0 Å². The van der Waals surface area contributed by atoms with Crippen molar-refractivity contribution in [2.24, 2.45) is 5.92 Å². The number of rotatable bonds is 7. The zero-order valence-corrected chi connectivity index (χ0v) is 13.0. The summed E-state index contributed by atoms with van der Waals surface area (Å²) in [6.45, 7) is 7.86. The molecule has 0 aromatic heterocycles. The molecule has 1 nitrogen and oxygen atoms in total. The predicted molar refractivity (Wildman–Crippen MR) is 88.9 cm³/mol. The minimum atomic E-state index is 0.597. The molecule has 0 bridgehead atoms. The Hall–Kier alpha value is -1.34. The Labute approximate surface area is 123 Å². The van der Waals surface area contributed by atoms with E-state index in [1.54, 1.807) is 0 Å². The molecule has 1 heteroatoms. The molecule has 0 fully saturated rings. The summed E-state index contributed by atoms with van der Waals surface area (Å²) in [7, 11) is 0. The molecule has 0 saturated carbocycles. The summed E-state index contributed by atoms with van der Waals surface area (Å²) in [5.41, 5.74) is 1.37. The maximum atomic E-state index is 3.64. The Kier molecular flexibility index (Phi) is 5.60. The molecule has 2 rings (SSSR count).